The van der Waals surface area contributed by atoms with Crippen molar-refractivity contribution >= 4 is 11.6 Å². The van der Waals surface area contributed by atoms with Crippen LogP contribution in [-0.4, -0.2) is 57.5 Å². The maximum Gasteiger partial charge on any atom is 0.226 e. The predicted molar refractivity (Wildman–Crippen MR) is 114 cm³/mol. The van der Waals surface area contributed by atoms with E-state index in [0.29, 0.717) is 12.3 Å². The van der Waals surface area contributed by atoms with Gasteiger partial charge in [0.05, 0.1) is 18.3 Å². The summed E-state index contributed by atoms with van der Waals surface area (Å²) in [5, 5.41) is 4.51. The summed E-state index contributed by atoms with van der Waals surface area (Å²) < 4.78 is 1.99. The van der Waals surface area contributed by atoms with Crippen LogP contribution in [0.3, 0.4) is 0 Å². The van der Waals surface area contributed by atoms with Gasteiger partial charge in [0.2, 0.25) is 5.91 Å². The number of carbonyl (C=O) groups excluding carboxylic acids is 1. The van der Waals surface area contributed by atoms with Crippen LogP contribution >= 0.6 is 0 Å². The standard InChI is InChI=1S/C23H29N5O/c1-26(2)17-20-16-24-22-8-11-25-28(22)21(20)14-19-9-12-27(13-10-19)23(29)15-18-6-4-3-5-7-18/h3-8,11,16,19H,9-10,12-15,17H2,1-2H3. The number of aromatic nitrogens is 3. The smallest absolute Gasteiger partial charge is 0.226 e. The number of hydrogen-bond donors (Lipinski definition) is 0. The molecule has 0 aliphatic carbocycles. The van der Waals surface area contributed by atoms with E-state index in [4.69, 9.17) is 0 Å². The van der Waals surface area contributed by atoms with E-state index in [9.17, 15) is 4.79 Å². The Morgan fingerprint density at radius 3 is 2.62 bits per heavy atom. The Balaban J connectivity index is 1.41. The van der Waals surface area contributed by atoms with Crippen molar-refractivity contribution in [2.24, 2.45) is 5.92 Å². The van der Waals surface area contributed by atoms with Crippen molar-refractivity contribution in [1.29, 1.82) is 0 Å². The molecule has 1 amide bonds. The summed E-state index contributed by atoms with van der Waals surface area (Å²) in [4.78, 5) is 21.4. The number of rotatable bonds is 6. The summed E-state index contributed by atoms with van der Waals surface area (Å²) >= 11 is 0. The molecule has 0 spiro atoms. The van der Waals surface area contributed by atoms with Gasteiger partial charge in [-0.3, -0.25) is 4.79 Å². The summed E-state index contributed by atoms with van der Waals surface area (Å²) in [6.45, 7) is 2.53. The van der Waals surface area contributed by atoms with Crippen molar-refractivity contribution in [3.8, 4) is 0 Å². The zero-order valence-corrected chi connectivity index (χ0v) is 17.3. The Hall–Kier alpha value is -2.73. The third-order valence-electron chi connectivity index (χ3n) is 5.74. The number of amides is 1. The second-order valence-electron chi connectivity index (χ2n) is 8.26. The summed E-state index contributed by atoms with van der Waals surface area (Å²) in [6.07, 6.45) is 7.35. The molecule has 4 rings (SSSR count). The molecule has 0 N–H and O–H groups in total. The Labute approximate surface area is 172 Å². The fourth-order valence-corrected chi connectivity index (χ4v) is 4.19. The van der Waals surface area contributed by atoms with E-state index in [0.717, 1.165) is 50.1 Å². The van der Waals surface area contributed by atoms with Crippen LogP contribution in [0.5, 0.6) is 0 Å². The normalized spacial score (nSPS) is 15.3. The number of nitrogens with zero attached hydrogens (tertiary/aromatic N) is 5. The Kier molecular flexibility index (Phi) is 5.90. The van der Waals surface area contributed by atoms with E-state index in [-0.39, 0.29) is 5.91 Å². The molecule has 152 valence electrons. The minimum atomic E-state index is 0.237. The fourth-order valence-electron chi connectivity index (χ4n) is 4.19. The molecule has 0 unspecified atom stereocenters. The molecule has 29 heavy (non-hydrogen) atoms. The van der Waals surface area contributed by atoms with Gasteiger partial charge in [-0.1, -0.05) is 30.3 Å². The molecule has 6 nitrogen and oxygen atoms in total. The molecule has 3 heterocycles. The van der Waals surface area contributed by atoms with E-state index in [1.54, 1.807) is 0 Å². The van der Waals surface area contributed by atoms with E-state index in [2.05, 4.69) is 29.1 Å². The van der Waals surface area contributed by atoms with Crippen LogP contribution < -0.4 is 0 Å². The molecule has 1 aliphatic rings. The SMILES string of the molecule is CN(C)Cc1cnc2ccnn2c1CC1CCN(C(=O)Cc2ccccc2)CC1. The maximum atomic E-state index is 12.6. The van der Waals surface area contributed by atoms with Gasteiger partial charge >= 0.3 is 0 Å². The predicted octanol–water partition coefficient (Wildman–Crippen LogP) is 2.81. The first kappa shape index (κ1) is 19.6. The van der Waals surface area contributed by atoms with Gasteiger partial charge in [0.1, 0.15) is 0 Å². The topological polar surface area (TPSA) is 53.7 Å². The van der Waals surface area contributed by atoms with Gasteiger partial charge in [-0.05, 0) is 44.8 Å². The third-order valence-corrected chi connectivity index (χ3v) is 5.74. The van der Waals surface area contributed by atoms with Crippen LogP contribution in [-0.2, 0) is 24.2 Å². The minimum Gasteiger partial charge on any atom is -0.342 e. The lowest BCUT2D eigenvalue weighted by Crippen LogP contribution is -2.39. The lowest BCUT2D eigenvalue weighted by Gasteiger charge is -2.32. The first-order chi connectivity index (χ1) is 14.1. The summed E-state index contributed by atoms with van der Waals surface area (Å²) in [5.41, 5.74) is 4.47. The molecule has 1 aliphatic heterocycles. The van der Waals surface area contributed by atoms with Crippen molar-refractivity contribution in [1.82, 2.24) is 24.4 Å². The van der Waals surface area contributed by atoms with Crippen LogP contribution in [0.1, 0.15) is 29.7 Å². The summed E-state index contributed by atoms with van der Waals surface area (Å²) in [7, 11) is 4.15. The Morgan fingerprint density at radius 1 is 1.14 bits per heavy atom. The fraction of sp³-hybridized carbons (Fsp3) is 0.435. The number of hydrogen-bond acceptors (Lipinski definition) is 4. The van der Waals surface area contributed by atoms with Gasteiger partial charge in [-0.15, -0.1) is 0 Å². The van der Waals surface area contributed by atoms with Crippen LogP contribution in [0, 0.1) is 5.92 Å². The number of likely N-dealkylation sites (tertiary alicyclic amines) is 1. The highest BCUT2D eigenvalue weighted by atomic mass is 16.2. The number of benzene rings is 1. The van der Waals surface area contributed by atoms with E-state index in [1.165, 1.54) is 11.3 Å². The summed E-state index contributed by atoms with van der Waals surface area (Å²) in [6, 6.07) is 12.0. The first-order valence-corrected chi connectivity index (χ1v) is 10.4. The average Bonchev–Trinajstić information content (AvgIpc) is 3.20. The first-order valence-electron chi connectivity index (χ1n) is 10.4. The number of piperidine rings is 1. The van der Waals surface area contributed by atoms with Crippen LogP contribution in [0.25, 0.3) is 5.65 Å². The highest BCUT2D eigenvalue weighted by Gasteiger charge is 2.25. The van der Waals surface area contributed by atoms with Gasteiger partial charge in [-0.2, -0.15) is 5.10 Å². The number of carbonyl (C=O) groups is 1. The quantitative estimate of drug-likeness (QED) is 0.648. The van der Waals surface area contributed by atoms with Crippen LogP contribution in [0.4, 0.5) is 0 Å². The molecule has 2 aromatic heterocycles. The molecule has 0 saturated carbocycles. The van der Waals surface area contributed by atoms with Crippen LogP contribution in [0.2, 0.25) is 0 Å². The molecule has 6 heteroatoms. The van der Waals surface area contributed by atoms with Crippen molar-refractivity contribution in [3.63, 3.8) is 0 Å². The second kappa shape index (κ2) is 8.74. The molecule has 0 radical (unpaired) electrons. The maximum absolute atomic E-state index is 12.6. The van der Waals surface area contributed by atoms with Gasteiger partial charge in [0.25, 0.3) is 0 Å². The van der Waals surface area contributed by atoms with Crippen molar-refractivity contribution < 1.29 is 4.79 Å². The van der Waals surface area contributed by atoms with Crippen molar-refractivity contribution in [3.05, 3.63) is 65.6 Å². The second-order valence-corrected chi connectivity index (χ2v) is 8.26. The summed E-state index contributed by atoms with van der Waals surface area (Å²) in [5.74, 6) is 0.799. The van der Waals surface area contributed by atoms with Gasteiger partial charge in [0.15, 0.2) is 5.65 Å². The Morgan fingerprint density at radius 2 is 1.90 bits per heavy atom. The molecular formula is C23H29N5O. The van der Waals surface area contributed by atoms with E-state index in [1.807, 2.05) is 58.2 Å². The zero-order chi connectivity index (χ0) is 20.2. The largest absolute Gasteiger partial charge is 0.342 e. The van der Waals surface area contributed by atoms with Gasteiger partial charge in [-0.25, -0.2) is 9.50 Å². The van der Waals surface area contributed by atoms with Crippen molar-refractivity contribution in [2.75, 3.05) is 27.2 Å². The van der Waals surface area contributed by atoms with Gasteiger partial charge < -0.3 is 9.80 Å². The van der Waals surface area contributed by atoms with Crippen molar-refractivity contribution in [2.45, 2.75) is 32.2 Å². The highest BCUT2D eigenvalue weighted by molar-refractivity contribution is 5.78. The van der Waals surface area contributed by atoms with E-state index < -0.39 is 0 Å². The molecule has 1 saturated heterocycles. The average molecular weight is 392 g/mol. The zero-order valence-electron chi connectivity index (χ0n) is 17.3. The molecule has 3 aromatic rings. The molecule has 1 fully saturated rings. The highest BCUT2D eigenvalue weighted by Crippen LogP contribution is 2.24. The van der Waals surface area contributed by atoms with Gasteiger partial charge in [0, 0.05) is 37.5 Å². The lowest BCUT2D eigenvalue weighted by atomic mass is 9.90. The minimum absolute atomic E-state index is 0.237. The molecular weight excluding hydrogens is 362 g/mol. The lowest BCUT2D eigenvalue weighted by molar-refractivity contribution is -0.131. The van der Waals surface area contributed by atoms with E-state index >= 15 is 0 Å². The Bertz CT molecular complexity index is 958. The third kappa shape index (κ3) is 4.65. The molecule has 1 aromatic carbocycles. The molecule has 0 atom stereocenters. The monoisotopic (exact) mass is 391 g/mol. The number of fused-ring (bicyclic) bond motifs is 1. The molecule has 0 bridgehead atoms. The van der Waals surface area contributed by atoms with Crippen LogP contribution in [0.15, 0.2) is 48.8 Å².